The standard InChI is InChI=1S/C12H21NO3/c14-11(15)8-3-1-2-4-9-13-12(16)10-6-5-7-10/h10H,1-9H2,(H,13,16)(H,14,15). The van der Waals surface area contributed by atoms with Crippen molar-refractivity contribution in [2.75, 3.05) is 6.54 Å². The molecular weight excluding hydrogens is 206 g/mol. The molecule has 1 rings (SSSR count). The van der Waals surface area contributed by atoms with Crippen LogP contribution < -0.4 is 5.32 Å². The molecule has 0 aromatic carbocycles. The lowest BCUT2D eigenvalue weighted by Gasteiger charge is -2.23. The lowest BCUT2D eigenvalue weighted by Crippen LogP contribution is -2.34. The molecule has 1 fully saturated rings. The van der Waals surface area contributed by atoms with Gasteiger partial charge in [0.2, 0.25) is 5.91 Å². The molecule has 4 nitrogen and oxygen atoms in total. The van der Waals surface area contributed by atoms with Gasteiger partial charge in [-0.2, -0.15) is 0 Å². The third-order valence-corrected chi connectivity index (χ3v) is 3.09. The summed E-state index contributed by atoms with van der Waals surface area (Å²) in [7, 11) is 0. The normalized spacial score (nSPS) is 15.5. The minimum atomic E-state index is -0.724. The molecular formula is C12H21NO3. The van der Waals surface area contributed by atoms with Crippen LogP contribution in [0.4, 0.5) is 0 Å². The van der Waals surface area contributed by atoms with E-state index in [0.29, 0.717) is 0 Å². The fourth-order valence-electron chi connectivity index (χ4n) is 1.78. The van der Waals surface area contributed by atoms with Crippen molar-refractivity contribution in [3.63, 3.8) is 0 Å². The number of carboxylic acids is 1. The van der Waals surface area contributed by atoms with Crippen molar-refractivity contribution in [3.05, 3.63) is 0 Å². The molecule has 0 spiro atoms. The van der Waals surface area contributed by atoms with Crippen molar-refractivity contribution in [1.29, 1.82) is 0 Å². The lowest BCUT2D eigenvalue weighted by atomic mass is 9.85. The first kappa shape index (κ1) is 13.0. The molecule has 0 atom stereocenters. The van der Waals surface area contributed by atoms with Crippen molar-refractivity contribution in [2.45, 2.75) is 51.4 Å². The Morgan fingerprint density at radius 1 is 1.12 bits per heavy atom. The highest BCUT2D eigenvalue weighted by Gasteiger charge is 2.24. The second kappa shape index (κ2) is 7.25. The third-order valence-electron chi connectivity index (χ3n) is 3.09. The van der Waals surface area contributed by atoms with E-state index in [9.17, 15) is 9.59 Å². The molecule has 92 valence electrons. The van der Waals surface area contributed by atoms with E-state index in [1.807, 2.05) is 0 Å². The molecule has 0 aromatic heterocycles. The lowest BCUT2D eigenvalue weighted by molar-refractivity contribution is -0.137. The van der Waals surface area contributed by atoms with E-state index in [4.69, 9.17) is 5.11 Å². The maximum Gasteiger partial charge on any atom is 0.303 e. The predicted octanol–water partition coefficient (Wildman–Crippen LogP) is 1.94. The molecule has 0 unspecified atom stereocenters. The molecule has 1 amide bonds. The van der Waals surface area contributed by atoms with Crippen molar-refractivity contribution >= 4 is 11.9 Å². The summed E-state index contributed by atoms with van der Waals surface area (Å²) in [5.74, 6) is -0.248. The molecule has 4 heteroatoms. The monoisotopic (exact) mass is 227 g/mol. The van der Waals surface area contributed by atoms with E-state index in [-0.39, 0.29) is 18.2 Å². The Kier molecular flexibility index (Phi) is 5.90. The van der Waals surface area contributed by atoms with Gasteiger partial charge in [-0.1, -0.05) is 19.3 Å². The van der Waals surface area contributed by atoms with Crippen molar-refractivity contribution < 1.29 is 14.7 Å². The Bertz CT molecular complexity index is 236. The largest absolute Gasteiger partial charge is 0.481 e. The summed E-state index contributed by atoms with van der Waals surface area (Å²) in [6.07, 6.45) is 7.17. The number of hydrogen-bond donors (Lipinski definition) is 2. The van der Waals surface area contributed by atoms with E-state index >= 15 is 0 Å². The van der Waals surface area contributed by atoms with Gasteiger partial charge in [0.25, 0.3) is 0 Å². The molecule has 1 aliphatic rings. The molecule has 0 aromatic rings. The number of unbranched alkanes of at least 4 members (excludes halogenated alkanes) is 3. The Labute approximate surface area is 96.4 Å². The first-order valence-electron chi connectivity index (χ1n) is 6.19. The Morgan fingerprint density at radius 3 is 2.38 bits per heavy atom. The van der Waals surface area contributed by atoms with Crippen LogP contribution in [0.25, 0.3) is 0 Å². The molecule has 0 heterocycles. The summed E-state index contributed by atoms with van der Waals surface area (Å²) in [5, 5.41) is 11.4. The number of carbonyl (C=O) groups is 2. The maximum atomic E-state index is 11.4. The van der Waals surface area contributed by atoms with Gasteiger partial charge in [0.15, 0.2) is 0 Å². The summed E-state index contributed by atoms with van der Waals surface area (Å²) in [5.41, 5.74) is 0. The molecule has 0 aliphatic heterocycles. The van der Waals surface area contributed by atoms with Crippen LogP contribution in [0.2, 0.25) is 0 Å². The van der Waals surface area contributed by atoms with Crippen molar-refractivity contribution in [2.24, 2.45) is 5.92 Å². The fraction of sp³-hybridized carbons (Fsp3) is 0.833. The fourth-order valence-corrected chi connectivity index (χ4v) is 1.78. The number of carbonyl (C=O) groups excluding carboxylic acids is 1. The SMILES string of the molecule is O=C(O)CCCCCCNC(=O)C1CCC1. The van der Waals surface area contributed by atoms with Crippen LogP contribution in [0, 0.1) is 5.92 Å². The average molecular weight is 227 g/mol. The predicted molar refractivity (Wildman–Crippen MR) is 61.1 cm³/mol. The second-order valence-corrected chi connectivity index (χ2v) is 4.48. The van der Waals surface area contributed by atoms with Gasteiger partial charge in [-0.05, 0) is 25.7 Å². The van der Waals surface area contributed by atoms with Crippen LogP contribution >= 0.6 is 0 Å². The quantitative estimate of drug-likeness (QED) is 0.623. The van der Waals surface area contributed by atoms with Crippen LogP contribution in [0.3, 0.4) is 0 Å². The average Bonchev–Trinajstić information content (AvgIpc) is 2.13. The highest BCUT2D eigenvalue weighted by Crippen LogP contribution is 2.26. The number of rotatable bonds is 8. The molecule has 0 saturated heterocycles. The number of hydrogen-bond acceptors (Lipinski definition) is 2. The Hall–Kier alpha value is -1.06. The van der Waals surface area contributed by atoms with Gasteiger partial charge in [-0.25, -0.2) is 0 Å². The van der Waals surface area contributed by atoms with Crippen LogP contribution in [0.5, 0.6) is 0 Å². The van der Waals surface area contributed by atoms with Crippen LogP contribution in [0.15, 0.2) is 0 Å². The molecule has 2 N–H and O–H groups in total. The topological polar surface area (TPSA) is 66.4 Å². The smallest absolute Gasteiger partial charge is 0.303 e. The third kappa shape index (κ3) is 5.14. The highest BCUT2D eigenvalue weighted by atomic mass is 16.4. The number of amides is 1. The van der Waals surface area contributed by atoms with Gasteiger partial charge in [-0.3, -0.25) is 9.59 Å². The molecule has 16 heavy (non-hydrogen) atoms. The van der Waals surface area contributed by atoms with E-state index in [0.717, 1.165) is 45.1 Å². The van der Waals surface area contributed by atoms with Gasteiger partial charge in [0.1, 0.15) is 0 Å². The highest BCUT2D eigenvalue weighted by molar-refractivity contribution is 5.79. The summed E-state index contributed by atoms with van der Waals surface area (Å²) in [6, 6.07) is 0. The van der Waals surface area contributed by atoms with Gasteiger partial charge < -0.3 is 10.4 Å². The van der Waals surface area contributed by atoms with Crippen LogP contribution in [0.1, 0.15) is 51.4 Å². The van der Waals surface area contributed by atoms with Gasteiger partial charge in [0.05, 0.1) is 0 Å². The summed E-state index contributed by atoms with van der Waals surface area (Å²) in [6.45, 7) is 0.738. The second-order valence-electron chi connectivity index (χ2n) is 4.48. The summed E-state index contributed by atoms with van der Waals surface area (Å²) >= 11 is 0. The van der Waals surface area contributed by atoms with Crippen LogP contribution in [-0.4, -0.2) is 23.5 Å². The molecule has 0 radical (unpaired) electrons. The van der Waals surface area contributed by atoms with E-state index < -0.39 is 5.97 Å². The Balaban J connectivity index is 1.84. The maximum absolute atomic E-state index is 11.4. The minimum absolute atomic E-state index is 0.205. The van der Waals surface area contributed by atoms with Gasteiger partial charge in [0, 0.05) is 18.9 Å². The number of carboxylic acid groups (broad SMARTS) is 1. The van der Waals surface area contributed by atoms with E-state index in [1.165, 1.54) is 6.42 Å². The van der Waals surface area contributed by atoms with Crippen LogP contribution in [-0.2, 0) is 9.59 Å². The number of aliphatic carboxylic acids is 1. The zero-order valence-electron chi connectivity index (χ0n) is 9.71. The first-order chi connectivity index (χ1) is 7.70. The zero-order chi connectivity index (χ0) is 11.8. The Morgan fingerprint density at radius 2 is 1.81 bits per heavy atom. The molecule has 1 aliphatic carbocycles. The molecule has 1 saturated carbocycles. The summed E-state index contributed by atoms with van der Waals surface area (Å²) < 4.78 is 0. The van der Waals surface area contributed by atoms with Gasteiger partial charge in [-0.15, -0.1) is 0 Å². The van der Waals surface area contributed by atoms with Gasteiger partial charge >= 0.3 is 5.97 Å². The molecule has 0 bridgehead atoms. The number of nitrogens with one attached hydrogen (secondary N) is 1. The zero-order valence-corrected chi connectivity index (χ0v) is 9.71. The van der Waals surface area contributed by atoms with E-state index in [1.54, 1.807) is 0 Å². The first-order valence-corrected chi connectivity index (χ1v) is 6.19. The van der Waals surface area contributed by atoms with E-state index in [2.05, 4.69) is 5.32 Å². The van der Waals surface area contributed by atoms with Crippen molar-refractivity contribution in [1.82, 2.24) is 5.32 Å². The van der Waals surface area contributed by atoms with Crippen molar-refractivity contribution in [3.8, 4) is 0 Å². The summed E-state index contributed by atoms with van der Waals surface area (Å²) in [4.78, 5) is 21.6. The minimum Gasteiger partial charge on any atom is -0.481 e.